The highest BCUT2D eigenvalue weighted by molar-refractivity contribution is 8.00. The Labute approximate surface area is 157 Å². The normalized spacial score (nSPS) is 13.1. The molecule has 0 spiro atoms. The van der Waals surface area contributed by atoms with E-state index in [2.05, 4.69) is 0 Å². The van der Waals surface area contributed by atoms with E-state index >= 15 is 0 Å². The van der Waals surface area contributed by atoms with Gasteiger partial charge in [0.1, 0.15) is 23.9 Å². The largest absolute Gasteiger partial charge is 0.454 e. The lowest BCUT2D eigenvalue weighted by atomic mass is 10.2. The van der Waals surface area contributed by atoms with Crippen molar-refractivity contribution in [3.63, 3.8) is 0 Å². The van der Waals surface area contributed by atoms with Gasteiger partial charge in [-0.1, -0.05) is 18.2 Å². The number of fused-ring (bicyclic) bond motifs is 1. The van der Waals surface area contributed by atoms with Crippen LogP contribution in [0, 0.1) is 11.6 Å². The van der Waals surface area contributed by atoms with Crippen LogP contribution < -0.4 is 10.2 Å². The molecule has 1 aliphatic heterocycles. The zero-order valence-electron chi connectivity index (χ0n) is 13.9. The summed E-state index contributed by atoms with van der Waals surface area (Å²) in [4.78, 5) is 38.0. The average Bonchev–Trinajstić information content (AvgIpc) is 2.65. The van der Waals surface area contributed by atoms with Crippen LogP contribution in [-0.2, 0) is 19.1 Å². The van der Waals surface area contributed by atoms with Crippen molar-refractivity contribution in [2.75, 3.05) is 29.1 Å². The van der Waals surface area contributed by atoms with E-state index in [1.165, 1.54) is 16.7 Å². The number of halogens is 2. The van der Waals surface area contributed by atoms with Gasteiger partial charge in [0.25, 0.3) is 5.91 Å². The topological polar surface area (TPSA) is 75.7 Å². The van der Waals surface area contributed by atoms with Crippen LogP contribution in [-0.4, -0.2) is 36.7 Å². The number of carbonyl (C=O) groups excluding carboxylic acids is 3. The van der Waals surface area contributed by atoms with E-state index in [1.54, 1.807) is 12.1 Å². The van der Waals surface area contributed by atoms with E-state index in [-0.39, 0.29) is 18.2 Å². The summed E-state index contributed by atoms with van der Waals surface area (Å²) >= 11 is 1.37. The van der Waals surface area contributed by atoms with Crippen LogP contribution >= 0.6 is 11.8 Å². The molecule has 2 aromatic carbocycles. The number of thioether (sulfide) groups is 1. The monoisotopic (exact) mass is 392 g/mol. The molecule has 0 fully saturated rings. The standard InChI is InChI=1S/C18H14F2N2O4S/c19-11-4-3-5-12(20)18(11)21-15(23)9-26-17(25)8-22-13-6-1-2-7-14(13)27-10-16(22)24/h1-7H,8-10H2,(H,21,23). The Morgan fingerprint density at radius 2 is 1.81 bits per heavy atom. The van der Waals surface area contributed by atoms with Crippen molar-refractivity contribution in [1.29, 1.82) is 0 Å². The minimum Gasteiger partial charge on any atom is -0.454 e. The van der Waals surface area contributed by atoms with Crippen LogP contribution in [0.4, 0.5) is 20.2 Å². The number of nitrogens with one attached hydrogen (secondary N) is 1. The number of rotatable bonds is 5. The van der Waals surface area contributed by atoms with E-state index < -0.39 is 35.8 Å². The maximum absolute atomic E-state index is 13.5. The van der Waals surface area contributed by atoms with Crippen LogP contribution in [0.15, 0.2) is 47.4 Å². The molecule has 0 atom stereocenters. The number of esters is 1. The Balaban J connectivity index is 1.57. The van der Waals surface area contributed by atoms with Crippen LogP contribution in [0.25, 0.3) is 0 Å². The summed E-state index contributed by atoms with van der Waals surface area (Å²) in [5, 5.41) is 2.01. The smallest absolute Gasteiger partial charge is 0.326 e. The minimum absolute atomic E-state index is 0.192. The quantitative estimate of drug-likeness (QED) is 0.792. The van der Waals surface area contributed by atoms with E-state index in [1.807, 2.05) is 17.4 Å². The molecule has 6 nitrogen and oxygen atoms in total. The zero-order valence-corrected chi connectivity index (χ0v) is 14.7. The summed E-state index contributed by atoms with van der Waals surface area (Å²) in [5.41, 5.74) is -0.0238. The van der Waals surface area contributed by atoms with E-state index in [0.29, 0.717) is 5.69 Å². The third kappa shape index (κ3) is 4.43. The van der Waals surface area contributed by atoms with Crippen LogP contribution in [0.1, 0.15) is 0 Å². The highest BCUT2D eigenvalue weighted by Crippen LogP contribution is 2.34. The predicted octanol–water partition coefficient (Wildman–Crippen LogP) is 2.59. The molecular formula is C18H14F2N2O4S. The van der Waals surface area contributed by atoms with Gasteiger partial charge in [-0.25, -0.2) is 8.78 Å². The van der Waals surface area contributed by atoms with Gasteiger partial charge in [0.15, 0.2) is 6.61 Å². The number of hydrogen-bond acceptors (Lipinski definition) is 5. The maximum Gasteiger partial charge on any atom is 0.326 e. The molecule has 0 aliphatic carbocycles. The molecule has 0 unspecified atom stereocenters. The van der Waals surface area contributed by atoms with Gasteiger partial charge in [0.2, 0.25) is 5.91 Å². The SMILES string of the molecule is O=C(COC(=O)CN1C(=O)CSc2ccccc21)Nc1c(F)cccc1F. The number of ether oxygens (including phenoxy) is 1. The molecule has 3 rings (SSSR count). The molecule has 1 aliphatic rings. The highest BCUT2D eigenvalue weighted by atomic mass is 32.2. The molecule has 2 amide bonds. The van der Waals surface area contributed by atoms with Gasteiger partial charge < -0.3 is 10.1 Å². The molecule has 27 heavy (non-hydrogen) atoms. The fraction of sp³-hybridized carbons (Fsp3) is 0.167. The first-order valence-electron chi connectivity index (χ1n) is 7.87. The van der Waals surface area contributed by atoms with Gasteiger partial charge in [-0.2, -0.15) is 0 Å². The van der Waals surface area contributed by atoms with Crippen LogP contribution in [0.5, 0.6) is 0 Å². The Kier molecular flexibility index (Phi) is 5.70. The molecule has 1 heterocycles. The Morgan fingerprint density at radius 1 is 1.11 bits per heavy atom. The first-order chi connectivity index (χ1) is 13.0. The van der Waals surface area contributed by atoms with Crippen molar-refractivity contribution in [2.45, 2.75) is 4.90 Å². The maximum atomic E-state index is 13.5. The summed E-state index contributed by atoms with van der Waals surface area (Å²) in [5.74, 6) is -3.65. The van der Waals surface area contributed by atoms with Crippen molar-refractivity contribution in [2.24, 2.45) is 0 Å². The van der Waals surface area contributed by atoms with Gasteiger partial charge in [-0.3, -0.25) is 19.3 Å². The van der Waals surface area contributed by atoms with Gasteiger partial charge in [0.05, 0.1) is 11.4 Å². The van der Waals surface area contributed by atoms with E-state index in [4.69, 9.17) is 4.74 Å². The average molecular weight is 392 g/mol. The molecule has 0 bridgehead atoms. The van der Waals surface area contributed by atoms with Gasteiger partial charge >= 0.3 is 5.97 Å². The molecule has 0 saturated carbocycles. The fourth-order valence-corrected chi connectivity index (χ4v) is 3.38. The Bertz CT molecular complexity index is 886. The second-order valence-corrected chi connectivity index (χ2v) is 6.56. The summed E-state index contributed by atoms with van der Waals surface area (Å²) in [7, 11) is 0. The highest BCUT2D eigenvalue weighted by Gasteiger charge is 2.27. The summed E-state index contributed by atoms with van der Waals surface area (Å²) in [6.45, 7) is -1.09. The Morgan fingerprint density at radius 3 is 2.56 bits per heavy atom. The van der Waals surface area contributed by atoms with Gasteiger partial charge in [-0.15, -0.1) is 11.8 Å². The molecule has 0 saturated heterocycles. The summed E-state index contributed by atoms with van der Waals surface area (Å²) in [6.07, 6.45) is 0. The number of nitrogens with zero attached hydrogens (tertiary/aromatic N) is 1. The van der Waals surface area contributed by atoms with Crippen molar-refractivity contribution in [3.05, 3.63) is 54.1 Å². The van der Waals surface area contributed by atoms with E-state index in [0.717, 1.165) is 23.1 Å². The van der Waals surface area contributed by atoms with Gasteiger partial charge in [0, 0.05) is 4.90 Å². The molecule has 9 heteroatoms. The number of carbonyl (C=O) groups is 3. The molecule has 0 aromatic heterocycles. The summed E-state index contributed by atoms with van der Waals surface area (Å²) in [6, 6.07) is 10.2. The molecular weight excluding hydrogens is 378 g/mol. The lowest BCUT2D eigenvalue weighted by molar-refractivity contribution is -0.146. The van der Waals surface area contributed by atoms with E-state index in [9.17, 15) is 23.2 Å². The first-order valence-corrected chi connectivity index (χ1v) is 8.86. The fourth-order valence-electron chi connectivity index (χ4n) is 2.44. The van der Waals surface area contributed by atoms with Crippen LogP contribution in [0.2, 0.25) is 0 Å². The number of para-hydroxylation sites is 2. The Hall–Kier alpha value is -2.94. The number of hydrogen-bond donors (Lipinski definition) is 1. The number of benzene rings is 2. The predicted molar refractivity (Wildman–Crippen MR) is 95.5 cm³/mol. The second-order valence-electron chi connectivity index (χ2n) is 5.54. The molecule has 2 aromatic rings. The van der Waals surface area contributed by atoms with Crippen molar-refractivity contribution >= 4 is 40.9 Å². The van der Waals surface area contributed by atoms with Crippen molar-refractivity contribution in [3.8, 4) is 0 Å². The van der Waals surface area contributed by atoms with Crippen molar-refractivity contribution in [1.82, 2.24) is 0 Å². The third-order valence-corrected chi connectivity index (χ3v) is 4.73. The second kappa shape index (κ2) is 8.17. The van der Waals surface area contributed by atoms with Crippen LogP contribution in [0.3, 0.4) is 0 Å². The molecule has 1 N–H and O–H groups in total. The third-order valence-electron chi connectivity index (χ3n) is 3.69. The van der Waals surface area contributed by atoms with Gasteiger partial charge in [-0.05, 0) is 24.3 Å². The lowest BCUT2D eigenvalue weighted by Crippen LogP contribution is -2.40. The number of amides is 2. The lowest BCUT2D eigenvalue weighted by Gasteiger charge is -2.27. The number of anilines is 2. The zero-order chi connectivity index (χ0) is 19.4. The molecule has 0 radical (unpaired) electrons. The van der Waals surface area contributed by atoms with Crippen molar-refractivity contribution < 1.29 is 27.9 Å². The minimum atomic E-state index is -0.942. The summed E-state index contributed by atoms with van der Waals surface area (Å²) < 4.78 is 31.8. The molecule has 140 valence electrons. The first kappa shape index (κ1) is 18.8.